The second kappa shape index (κ2) is 11.3. The second-order valence-electron chi connectivity index (χ2n) is 9.68. The predicted octanol–water partition coefficient (Wildman–Crippen LogP) is 3.02. The largest absolute Gasteiger partial charge is 0.395 e. The fraction of sp³-hybridized carbons (Fsp3) is 0.519. The summed E-state index contributed by atoms with van der Waals surface area (Å²) in [5.74, 6) is -2.49. The molecule has 3 fully saturated rings. The maximum Gasteiger partial charge on any atom is 0.253 e. The van der Waals surface area contributed by atoms with Crippen LogP contribution in [0.1, 0.15) is 19.8 Å². The zero-order chi connectivity index (χ0) is 26.9. The number of benzene rings is 1. The Bertz CT molecular complexity index is 1090. The number of fused-ring (bicyclic) bond motifs is 1. The molecule has 2 bridgehead atoms. The molecular formula is C27H33BrClN3O5. The van der Waals surface area contributed by atoms with E-state index in [1.54, 1.807) is 41.3 Å². The minimum Gasteiger partial charge on any atom is -0.395 e. The van der Waals surface area contributed by atoms with Crippen molar-refractivity contribution in [1.29, 1.82) is 0 Å². The molecular weight excluding hydrogens is 562 g/mol. The number of aliphatic hydroxyl groups is 1. The summed E-state index contributed by atoms with van der Waals surface area (Å²) < 4.78 is 6.54. The van der Waals surface area contributed by atoms with Crippen LogP contribution in [0.5, 0.6) is 0 Å². The van der Waals surface area contributed by atoms with E-state index in [0.29, 0.717) is 30.2 Å². The first kappa shape index (κ1) is 27.8. The smallest absolute Gasteiger partial charge is 0.253 e. The summed E-state index contributed by atoms with van der Waals surface area (Å²) in [6.07, 6.45) is 3.85. The van der Waals surface area contributed by atoms with E-state index in [2.05, 4.69) is 29.1 Å². The number of ether oxygens (including phenoxy) is 1. The molecule has 37 heavy (non-hydrogen) atoms. The lowest BCUT2D eigenvalue weighted by molar-refractivity contribution is -0.145. The highest BCUT2D eigenvalue weighted by Crippen LogP contribution is 2.60. The number of carbonyl (C=O) groups is 3. The molecule has 1 aromatic carbocycles. The van der Waals surface area contributed by atoms with Crippen LogP contribution in [0.2, 0.25) is 5.02 Å². The molecule has 1 N–H and O–H groups in total. The van der Waals surface area contributed by atoms with Gasteiger partial charge in [0.1, 0.15) is 11.6 Å². The van der Waals surface area contributed by atoms with Crippen molar-refractivity contribution in [3.63, 3.8) is 0 Å². The molecule has 10 heteroatoms. The number of rotatable bonds is 11. The van der Waals surface area contributed by atoms with Gasteiger partial charge in [0.2, 0.25) is 11.8 Å². The molecule has 0 aliphatic carbocycles. The first-order chi connectivity index (χ1) is 17.8. The van der Waals surface area contributed by atoms with Crippen LogP contribution in [0.25, 0.3) is 0 Å². The van der Waals surface area contributed by atoms with Crippen LogP contribution in [0.4, 0.5) is 5.69 Å². The predicted molar refractivity (Wildman–Crippen MR) is 146 cm³/mol. The van der Waals surface area contributed by atoms with E-state index in [9.17, 15) is 19.5 Å². The molecule has 4 rings (SSSR count). The Labute approximate surface area is 231 Å². The second-order valence-corrected chi connectivity index (χ2v) is 11.3. The van der Waals surface area contributed by atoms with Crippen molar-refractivity contribution < 1.29 is 24.2 Å². The lowest BCUT2D eigenvalue weighted by Gasteiger charge is -2.37. The Morgan fingerprint density at radius 3 is 2.59 bits per heavy atom. The molecule has 3 saturated heterocycles. The lowest BCUT2D eigenvalue weighted by Crippen LogP contribution is -2.57. The molecule has 0 radical (unpaired) electrons. The van der Waals surface area contributed by atoms with Gasteiger partial charge in [-0.25, -0.2) is 0 Å². The van der Waals surface area contributed by atoms with Crippen LogP contribution in [-0.2, 0) is 19.1 Å². The first-order valence-electron chi connectivity index (χ1n) is 12.6. The highest BCUT2D eigenvalue weighted by Gasteiger charge is 2.76. The molecule has 1 spiro atoms. The number of likely N-dealkylation sites (tertiary alicyclic amines) is 1. The van der Waals surface area contributed by atoms with Crippen molar-refractivity contribution in [1.82, 2.24) is 9.80 Å². The topological polar surface area (TPSA) is 90.4 Å². The van der Waals surface area contributed by atoms with Crippen molar-refractivity contribution in [2.75, 3.05) is 37.7 Å². The number of carbonyl (C=O) groups excluding carboxylic acids is 3. The molecule has 3 aliphatic rings. The molecule has 3 heterocycles. The highest BCUT2D eigenvalue weighted by atomic mass is 79.9. The van der Waals surface area contributed by atoms with Crippen molar-refractivity contribution in [3.8, 4) is 0 Å². The Morgan fingerprint density at radius 1 is 1.27 bits per heavy atom. The van der Waals surface area contributed by atoms with E-state index in [1.165, 1.54) is 9.80 Å². The van der Waals surface area contributed by atoms with Gasteiger partial charge in [0.05, 0.1) is 35.3 Å². The number of β-amino-alcohol motifs (C(OH)–C–C–N with tert-alkyl or cyclic N) is 1. The zero-order valence-corrected chi connectivity index (χ0v) is 23.2. The molecule has 3 unspecified atom stereocenters. The highest BCUT2D eigenvalue weighted by molar-refractivity contribution is 9.09. The number of alkyl halides is 1. The fourth-order valence-corrected chi connectivity index (χ4v) is 7.40. The van der Waals surface area contributed by atoms with Crippen LogP contribution < -0.4 is 4.90 Å². The van der Waals surface area contributed by atoms with Gasteiger partial charge in [-0.1, -0.05) is 58.7 Å². The maximum absolute atomic E-state index is 14.3. The summed E-state index contributed by atoms with van der Waals surface area (Å²) in [7, 11) is 0. The van der Waals surface area contributed by atoms with E-state index in [0.717, 1.165) is 6.42 Å². The van der Waals surface area contributed by atoms with Crippen molar-refractivity contribution in [3.05, 3.63) is 54.6 Å². The number of hydrogen-bond acceptors (Lipinski definition) is 5. The monoisotopic (exact) mass is 593 g/mol. The molecule has 3 amide bonds. The van der Waals surface area contributed by atoms with E-state index >= 15 is 0 Å². The van der Waals surface area contributed by atoms with Crippen molar-refractivity contribution in [2.24, 2.45) is 11.8 Å². The summed E-state index contributed by atoms with van der Waals surface area (Å²) in [6.45, 7) is 10.2. The van der Waals surface area contributed by atoms with Gasteiger partial charge >= 0.3 is 0 Å². The van der Waals surface area contributed by atoms with Gasteiger partial charge in [-0.2, -0.15) is 0 Å². The van der Waals surface area contributed by atoms with Gasteiger partial charge < -0.3 is 24.5 Å². The molecule has 0 aromatic heterocycles. The number of anilines is 1. The van der Waals surface area contributed by atoms with Gasteiger partial charge in [0.25, 0.3) is 5.91 Å². The maximum atomic E-state index is 14.3. The average molecular weight is 595 g/mol. The molecule has 8 nitrogen and oxygen atoms in total. The SMILES string of the molecule is C=CCN(CCC)C(=O)[C@H]1[C@@H]2OC3(CC2Br)C(C(=O)N(CC=C)c2ccccc2Cl)N(CCO)C(=O)[C@H]13. The van der Waals surface area contributed by atoms with E-state index < -0.39 is 29.6 Å². The quantitative estimate of drug-likeness (QED) is 0.314. The van der Waals surface area contributed by atoms with Gasteiger partial charge in [-0.05, 0) is 25.0 Å². The zero-order valence-electron chi connectivity index (χ0n) is 20.9. The van der Waals surface area contributed by atoms with Crippen LogP contribution >= 0.6 is 27.5 Å². The van der Waals surface area contributed by atoms with Gasteiger partial charge in [-0.3, -0.25) is 14.4 Å². The van der Waals surface area contributed by atoms with Crippen LogP contribution in [0.15, 0.2) is 49.6 Å². The van der Waals surface area contributed by atoms with Gasteiger partial charge in [0, 0.05) is 31.0 Å². The third kappa shape index (κ3) is 4.54. The third-order valence-corrected chi connectivity index (χ3v) is 8.69. The Kier molecular flexibility index (Phi) is 8.48. The van der Waals surface area contributed by atoms with Crippen molar-refractivity contribution >= 4 is 50.9 Å². The molecule has 3 aliphatic heterocycles. The fourth-order valence-electron chi connectivity index (χ4n) is 6.22. The van der Waals surface area contributed by atoms with E-state index in [-0.39, 0.29) is 42.2 Å². The summed E-state index contributed by atoms with van der Waals surface area (Å²) in [5.41, 5.74) is -0.726. The van der Waals surface area contributed by atoms with Gasteiger partial charge in [0.15, 0.2) is 0 Å². The van der Waals surface area contributed by atoms with Crippen LogP contribution in [0, 0.1) is 11.8 Å². The summed E-state index contributed by atoms with van der Waals surface area (Å²) in [6, 6.07) is 5.94. The van der Waals surface area contributed by atoms with E-state index in [1.807, 2.05) is 6.92 Å². The molecule has 200 valence electrons. The number of nitrogens with zero attached hydrogens (tertiary/aromatic N) is 3. The number of halogens is 2. The van der Waals surface area contributed by atoms with Gasteiger partial charge in [-0.15, -0.1) is 13.2 Å². The number of amides is 3. The molecule has 1 aromatic rings. The number of hydrogen-bond donors (Lipinski definition) is 1. The summed E-state index contributed by atoms with van der Waals surface area (Å²) in [5, 5.41) is 10.2. The Hall–Kier alpha value is -2.20. The third-order valence-electron chi connectivity index (χ3n) is 7.52. The molecule has 0 saturated carbocycles. The first-order valence-corrected chi connectivity index (χ1v) is 13.9. The Morgan fingerprint density at radius 2 is 1.97 bits per heavy atom. The number of aliphatic hydroxyl groups excluding tert-OH is 1. The standard InChI is InChI=1S/C27H33BrClN3O5/c1-4-11-30(12-5-2)24(34)20-21-25(35)32(14-15-33)23(27(21)16-17(28)22(20)37-27)26(36)31(13-6-3)19-10-8-7-9-18(19)29/h4,6-10,17,20-23,33H,1,3,5,11-16H2,2H3/t17?,20-,21+,22-,23?,27?/m1/s1. The number of para-hydroxylation sites is 1. The lowest BCUT2D eigenvalue weighted by atomic mass is 9.70. The molecule has 6 atom stereocenters. The van der Waals surface area contributed by atoms with E-state index in [4.69, 9.17) is 16.3 Å². The van der Waals surface area contributed by atoms with Crippen molar-refractivity contribution in [2.45, 2.75) is 42.3 Å². The summed E-state index contributed by atoms with van der Waals surface area (Å²) in [4.78, 5) is 46.4. The normalized spacial score (nSPS) is 29.8. The van der Waals surface area contributed by atoms with Crippen LogP contribution in [-0.4, -0.2) is 88.0 Å². The summed E-state index contributed by atoms with van der Waals surface area (Å²) >= 11 is 10.1. The Balaban J connectivity index is 1.79. The average Bonchev–Trinajstić information content (AvgIpc) is 3.46. The minimum atomic E-state index is -1.21. The van der Waals surface area contributed by atoms with Crippen LogP contribution in [0.3, 0.4) is 0 Å². The minimum absolute atomic E-state index is 0.0504.